The van der Waals surface area contributed by atoms with Gasteiger partial charge in [-0.3, -0.25) is 9.59 Å². The smallest absolute Gasteiger partial charge is 0.194 e. The maximum Gasteiger partial charge on any atom is 0.194 e. The van der Waals surface area contributed by atoms with Gasteiger partial charge >= 0.3 is 0 Å². The predicted molar refractivity (Wildman–Crippen MR) is 142 cm³/mol. The minimum atomic E-state index is -2.02. The summed E-state index contributed by atoms with van der Waals surface area (Å²) in [5.41, 5.74) is 8.45. The fourth-order valence-electron chi connectivity index (χ4n) is 7.18. The Morgan fingerprint density at radius 1 is 0.917 bits per heavy atom. The molecule has 0 amide bonds. The van der Waals surface area contributed by atoms with Crippen molar-refractivity contribution in [3.63, 3.8) is 0 Å². The highest BCUT2D eigenvalue weighted by Gasteiger charge is 2.53. The number of hydrogen-bond acceptors (Lipinski definition) is 4. The molecule has 7 rings (SSSR count). The second-order valence-electron chi connectivity index (χ2n) is 11.3. The molecule has 1 aliphatic heterocycles. The van der Waals surface area contributed by atoms with E-state index in [1.54, 1.807) is 7.11 Å². The van der Waals surface area contributed by atoms with Crippen LogP contribution in [0.2, 0.25) is 19.6 Å². The van der Waals surface area contributed by atoms with Crippen LogP contribution in [0.1, 0.15) is 61.4 Å². The number of ether oxygens (including phenoxy) is 2. The third kappa shape index (κ3) is 2.67. The molecule has 0 N–H and O–H groups in total. The number of Topliss-reactive ketones (excluding diaryl/α,β-unsaturated/α-hetero) is 1. The molecular weight excluding hydrogens is 464 g/mol. The average Bonchev–Trinajstić information content (AvgIpc) is 3.46. The summed E-state index contributed by atoms with van der Waals surface area (Å²) in [6.07, 6.45) is 2.65. The van der Waals surface area contributed by atoms with E-state index in [2.05, 4.69) is 31.8 Å². The summed E-state index contributed by atoms with van der Waals surface area (Å²) in [4.78, 5) is 28.0. The third-order valence-corrected chi connectivity index (χ3v) is 10.5. The topological polar surface area (TPSA) is 52.6 Å². The first-order chi connectivity index (χ1) is 17.3. The van der Waals surface area contributed by atoms with Gasteiger partial charge in [-0.2, -0.15) is 0 Å². The van der Waals surface area contributed by atoms with Gasteiger partial charge in [0.1, 0.15) is 11.9 Å². The van der Waals surface area contributed by atoms with E-state index in [0.29, 0.717) is 13.0 Å². The lowest BCUT2D eigenvalue weighted by Gasteiger charge is -2.27. The summed E-state index contributed by atoms with van der Waals surface area (Å²) in [5, 5.41) is 1.16. The standard InChI is InChI=1S/C31H28O4Si/c1-34-22-12-8-7-11-18(22)30-20-14-13-19-23(20)25-21(15-35-30)31(36(2,3)4)27-24(26(25)29(19)33)16-9-5-6-10-17(16)28(27)32/h5-12,14,19,23,30H,13,15H2,1-4H3/t19-,23-,30-/m1/s1. The van der Waals surface area contributed by atoms with E-state index in [-0.39, 0.29) is 29.5 Å². The van der Waals surface area contributed by atoms with Crippen molar-refractivity contribution in [2.45, 2.75) is 44.7 Å². The lowest BCUT2D eigenvalue weighted by Crippen LogP contribution is -2.44. The summed E-state index contributed by atoms with van der Waals surface area (Å²) < 4.78 is 12.5. The fraction of sp³-hybridized carbons (Fsp3) is 0.290. The Bertz CT molecular complexity index is 1540. The SMILES string of the molecule is COc1ccccc1[C@H]1OCc2c3c(c4c(c2[Si](C)(C)C)C(=O)c2ccccc2-4)C(=O)[C@@H]2CC=C1[C@H]32. The molecule has 3 aromatic carbocycles. The van der Waals surface area contributed by atoms with Crippen molar-refractivity contribution in [2.24, 2.45) is 5.92 Å². The van der Waals surface area contributed by atoms with Crippen LogP contribution in [0.5, 0.6) is 5.75 Å². The minimum absolute atomic E-state index is 0.0109. The number of fused-ring (bicyclic) bond motifs is 4. The van der Waals surface area contributed by atoms with Crippen LogP contribution in [0.4, 0.5) is 0 Å². The van der Waals surface area contributed by atoms with Crippen LogP contribution in [0, 0.1) is 5.92 Å². The fourth-order valence-corrected chi connectivity index (χ4v) is 9.28. The van der Waals surface area contributed by atoms with Crippen LogP contribution in [0.3, 0.4) is 0 Å². The van der Waals surface area contributed by atoms with Gasteiger partial charge in [-0.25, -0.2) is 0 Å². The molecule has 4 nitrogen and oxygen atoms in total. The summed E-state index contributed by atoms with van der Waals surface area (Å²) in [6, 6.07) is 15.8. The van der Waals surface area contributed by atoms with Crippen molar-refractivity contribution >= 4 is 24.8 Å². The number of rotatable bonds is 3. The van der Waals surface area contributed by atoms with Crippen LogP contribution >= 0.6 is 0 Å². The largest absolute Gasteiger partial charge is 0.496 e. The van der Waals surface area contributed by atoms with E-state index in [9.17, 15) is 9.59 Å². The number of methoxy groups -OCH3 is 1. The number of ketones is 2. The molecule has 5 heteroatoms. The van der Waals surface area contributed by atoms with E-state index in [4.69, 9.17) is 9.47 Å². The third-order valence-electron chi connectivity index (χ3n) is 8.45. The Balaban J connectivity index is 1.55. The summed E-state index contributed by atoms with van der Waals surface area (Å²) in [6.45, 7) is 7.27. The minimum Gasteiger partial charge on any atom is -0.496 e. The zero-order chi connectivity index (χ0) is 24.9. The normalized spacial score (nSPS) is 23.2. The Morgan fingerprint density at radius 3 is 2.39 bits per heavy atom. The Hall–Kier alpha value is -3.28. The molecule has 0 unspecified atom stereocenters. The number of benzene rings is 3. The van der Waals surface area contributed by atoms with Crippen molar-refractivity contribution in [3.8, 4) is 16.9 Å². The zero-order valence-corrected chi connectivity index (χ0v) is 22.0. The van der Waals surface area contributed by atoms with E-state index in [1.807, 2.05) is 42.5 Å². The van der Waals surface area contributed by atoms with E-state index < -0.39 is 8.07 Å². The quantitative estimate of drug-likeness (QED) is 0.262. The molecule has 0 fully saturated rings. The summed E-state index contributed by atoms with van der Waals surface area (Å²) in [5.74, 6) is 0.897. The molecule has 0 saturated heterocycles. The molecule has 180 valence electrons. The first-order valence-electron chi connectivity index (χ1n) is 12.7. The number of carbonyl (C=O) groups excluding carboxylic acids is 2. The van der Waals surface area contributed by atoms with Crippen LogP contribution in [0.15, 0.2) is 60.2 Å². The lowest BCUT2D eigenvalue weighted by molar-refractivity contribution is 0.0634. The molecular formula is C31H28O4Si. The van der Waals surface area contributed by atoms with Gasteiger partial charge < -0.3 is 9.47 Å². The molecule has 0 spiro atoms. The Labute approximate surface area is 212 Å². The lowest BCUT2D eigenvalue weighted by atomic mass is 9.84. The highest BCUT2D eigenvalue weighted by Crippen LogP contribution is 2.59. The van der Waals surface area contributed by atoms with Crippen molar-refractivity contribution in [3.05, 3.63) is 93.6 Å². The monoisotopic (exact) mass is 492 g/mol. The first kappa shape index (κ1) is 22.0. The van der Waals surface area contributed by atoms with Crippen molar-refractivity contribution in [1.29, 1.82) is 0 Å². The molecule has 3 aromatic rings. The second kappa shape index (κ2) is 7.37. The highest BCUT2D eigenvalue weighted by molar-refractivity contribution is 6.90. The molecule has 0 aromatic heterocycles. The van der Waals surface area contributed by atoms with Crippen LogP contribution in [0.25, 0.3) is 11.1 Å². The Kier molecular flexibility index (Phi) is 4.50. The molecule has 0 saturated carbocycles. The number of carbonyl (C=O) groups is 2. The number of hydrogen-bond donors (Lipinski definition) is 0. The average molecular weight is 493 g/mol. The van der Waals surface area contributed by atoms with Crippen LogP contribution in [-0.4, -0.2) is 26.8 Å². The molecule has 1 heterocycles. The van der Waals surface area contributed by atoms with E-state index in [1.165, 1.54) is 0 Å². The van der Waals surface area contributed by atoms with Crippen LogP contribution < -0.4 is 9.92 Å². The van der Waals surface area contributed by atoms with Gasteiger partial charge in [0.05, 0.1) is 21.8 Å². The van der Waals surface area contributed by atoms with Crippen molar-refractivity contribution < 1.29 is 19.1 Å². The highest BCUT2D eigenvalue weighted by atomic mass is 28.3. The van der Waals surface area contributed by atoms with Gasteiger partial charge in [-0.05, 0) is 39.9 Å². The second-order valence-corrected chi connectivity index (χ2v) is 16.3. The maximum absolute atomic E-state index is 14.1. The van der Waals surface area contributed by atoms with Gasteiger partial charge in [0.2, 0.25) is 0 Å². The van der Waals surface area contributed by atoms with E-state index >= 15 is 0 Å². The molecule has 3 atom stereocenters. The van der Waals surface area contributed by atoms with Gasteiger partial charge in [-0.15, -0.1) is 0 Å². The van der Waals surface area contributed by atoms with Gasteiger partial charge in [0.15, 0.2) is 11.6 Å². The van der Waals surface area contributed by atoms with Gasteiger partial charge in [-0.1, -0.05) is 68.2 Å². The summed E-state index contributed by atoms with van der Waals surface area (Å²) >= 11 is 0. The number of para-hydroxylation sites is 1. The molecule has 0 bridgehead atoms. The van der Waals surface area contributed by atoms with Crippen molar-refractivity contribution in [2.75, 3.05) is 7.11 Å². The van der Waals surface area contributed by atoms with Gasteiger partial charge in [0, 0.05) is 39.7 Å². The predicted octanol–water partition coefficient (Wildman–Crippen LogP) is 5.95. The molecule has 4 aliphatic rings. The van der Waals surface area contributed by atoms with Crippen LogP contribution in [-0.2, 0) is 11.3 Å². The Morgan fingerprint density at radius 2 is 1.64 bits per heavy atom. The molecule has 36 heavy (non-hydrogen) atoms. The molecule has 3 aliphatic carbocycles. The zero-order valence-electron chi connectivity index (χ0n) is 21.0. The van der Waals surface area contributed by atoms with Gasteiger partial charge in [0.25, 0.3) is 0 Å². The number of allylic oxidation sites excluding steroid dienone is 1. The first-order valence-corrected chi connectivity index (χ1v) is 16.2. The van der Waals surface area contributed by atoms with Crippen molar-refractivity contribution in [1.82, 2.24) is 0 Å². The molecule has 0 radical (unpaired) electrons. The van der Waals surface area contributed by atoms with E-state index in [0.717, 1.165) is 61.0 Å². The summed E-state index contributed by atoms with van der Waals surface area (Å²) in [7, 11) is -0.334. The maximum atomic E-state index is 14.1.